The molecule has 0 bridgehead atoms. The molecule has 0 saturated heterocycles. The Balaban J connectivity index is 3.25. The van der Waals surface area contributed by atoms with E-state index in [9.17, 15) is 0 Å². The lowest BCUT2D eigenvalue weighted by molar-refractivity contribution is 0.973. The molecule has 0 amide bonds. The van der Waals surface area contributed by atoms with Gasteiger partial charge in [-0.25, -0.2) is 0 Å². The molecule has 0 spiro atoms. The predicted molar refractivity (Wildman–Crippen MR) is 36.5 cm³/mol. The highest BCUT2D eigenvalue weighted by Crippen LogP contribution is 2.07. The number of rotatable bonds is 0. The van der Waals surface area contributed by atoms with Gasteiger partial charge in [-0.15, -0.1) is 5.10 Å². The molecular formula is C6H4ClN3. The van der Waals surface area contributed by atoms with Crippen LogP contribution in [-0.4, -0.2) is 10.2 Å². The van der Waals surface area contributed by atoms with Gasteiger partial charge in [-0.3, -0.25) is 0 Å². The lowest BCUT2D eigenvalue weighted by Gasteiger charge is -1.92. The van der Waals surface area contributed by atoms with Crippen LogP contribution >= 0.6 is 11.6 Å². The largest absolute Gasteiger partial charge is 0.192 e. The van der Waals surface area contributed by atoms with Gasteiger partial charge in [0.15, 0.2) is 5.15 Å². The molecule has 10 heavy (non-hydrogen) atoms. The minimum absolute atomic E-state index is 0.252. The zero-order chi connectivity index (χ0) is 7.56. The fraction of sp³-hybridized carbons (Fsp3) is 0.167. The minimum Gasteiger partial charge on any atom is -0.192 e. The topological polar surface area (TPSA) is 49.6 Å². The van der Waals surface area contributed by atoms with E-state index in [-0.39, 0.29) is 5.15 Å². The third-order valence-corrected chi connectivity index (χ3v) is 1.25. The second kappa shape index (κ2) is 2.63. The molecule has 0 aliphatic heterocycles. The Bertz CT molecular complexity index is 290. The van der Waals surface area contributed by atoms with Crippen LogP contribution in [0.4, 0.5) is 0 Å². The first kappa shape index (κ1) is 6.97. The first-order valence-corrected chi connectivity index (χ1v) is 3.02. The van der Waals surface area contributed by atoms with Crippen LogP contribution < -0.4 is 0 Å². The molecule has 0 saturated carbocycles. The quantitative estimate of drug-likeness (QED) is 0.565. The van der Waals surface area contributed by atoms with Crippen LogP contribution in [0.1, 0.15) is 11.3 Å². The highest BCUT2D eigenvalue weighted by atomic mass is 35.5. The molecule has 50 valence electrons. The molecule has 0 fully saturated rings. The number of nitriles is 1. The van der Waals surface area contributed by atoms with E-state index >= 15 is 0 Å². The third-order valence-electron chi connectivity index (χ3n) is 1.07. The number of aryl methyl sites for hydroxylation is 1. The molecule has 0 aliphatic carbocycles. The summed E-state index contributed by atoms with van der Waals surface area (Å²) in [5, 5.41) is 15.9. The van der Waals surface area contributed by atoms with Crippen molar-refractivity contribution in [2.75, 3.05) is 0 Å². The van der Waals surface area contributed by atoms with E-state index in [1.165, 1.54) is 6.07 Å². The number of halogens is 1. The maximum absolute atomic E-state index is 8.47. The van der Waals surface area contributed by atoms with E-state index in [1.807, 2.05) is 6.07 Å². The van der Waals surface area contributed by atoms with E-state index < -0.39 is 0 Å². The van der Waals surface area contributed by atoms with E-state index in [4.69, 9.17) is 16.9 Å². The van der Waals surface area contributed by atoms with Gasteiger partial charge in [-0.05, 0) is 13.0 Å². The smallest absolute Gasteiger partial charge is 0.153 e. The van der Waals surface area contributed by atoms with Crippen LogP contribution in [-0.2, 0) is 0 Å². The lowest BCUT2D eigenvalue weighted by Crippen LogP contribution is -1.90. The van der Waals surface area contributed by atoms with Crippen molar-refractivity contribution in [3.63, 3.8) is 0 Å². The molecule has 0 aliphatic rings. The fourth-order valence-electron chi connectivity index (χ4n) is 0.542. The minimum atomic E-state index is 0.252. The van der Waals surface area contributed by atoms with Gasteiger partial charge in [-0.1, -0.05) is 11.6 Å². The Kier molecular flexibility index (Phi) is 1.83. The average molecular weight is 154 g/mol. The van der Waals surface area contributed by atoms with Crippen molar-refractivity contribution in [2.24, 2.45) is 0 Å². The highest BCUT2D eigenvalue weighted by molar-refractivity contribution is 6.29. The van der Waals surface area contributed by atoms with Crippen LogP contribution in [0.3, 0.4) is 0 Å². The second-order valence-electron chi connectivity index (χ2n) is 1.78. The second-order valence-corrected chi connectivity index (χ2v) is 2.17. The van der Waals surface area contributed by atoms with E-state index in [1.54, 1.807) is 6.92 Å². The molecule has 1 aromatic rings. The van der Waals surface area contributed by atoms with E-state index in [2.05, 4.69) is 10.2 Å². The van der Waals surface area contributed by atoms with Crippen LogP contribution in [0.25, 0.3) is 0 Å². The zero-order valence-corrected chi connectivity index (χ0v) is 6.05. The highest BCUT2D eigenvalue weighted by Gasteiger charge is 1.98. The van der Waals surface area contributed by atoms with Crippen molar-refractivity contribution in [2.45, 2.75) is 6.92 Å². The Labute approximate surface area is 63.3 Å². The summed E-state index contributed by atoms with van der Waals surface area (Å²) in [6.45, 7) is 1.71. The lowest BCUT2D eigenvalue weighted by atomic mass is 10.2. The van der Waals surface area contributed by atoms with Crippen LogP contribution in [0.2, 0.25) is 5.15 Å². The number of hydrogen-bond donors (Lipinski definition) is 0. The molecule has 0 radical (unpaired) electrons. The molecule has 1 heterocycles. The monoisotopic (exact) mass is 153 g/mol. The summed E-state index contributed by atoms with van der Waals surface area (Å²) in [7, 11) is 0. The summed E-state index contributed by atoms with van der Waals surface area (Å²) < 4.78 is 0. The van der Waals surface area contributed by atoms with Crippen molar-refractivity contribution in [3.05, 3.63) is 22.5 Å². The Morgan fingerprint density at radius 2 is 2.30 bits per heavy atom. The van der Waals surface area contributed by atoms with Crippen molar-refractivity contribution >= 4 is 11.6 Å². The van der Waals surface area contributed by atoms with Crippen molar-refractivity contribution < 1.29 is 0 Å². The molecule has 1 aromatic heterocycles. The summed E-state index contributed by atoms with van der Waals surface area (Å²) in [5.41, 5.74) is 1.08. The molecule has 4 heteroatoms. The van der Waals surface area contributed by atoms with Crippen LogP contribution in [0.15, 0.2) is 6.07 Å². The standard InChI is InChI=1S/C6H4ClN3/c1-4-5(3-8)2-6(7)10-9-4/h2H,1H3. The van der Waals surface area contributed by atoms with Gasteiger partial charge in [0.05, 0.1) is 11.3 Å². The van der Waals surface area contributed by atoms with Crippen molar-refractivity contribution in [3.8, 4) is 6.07 Å². The number of hydrogen-bond acceptors (Lipinski definition) is 3. The molecule has 0 atom stereocenters. The zero-order valence-electron chi connectivity index (χ0n) is 5.30. The number of aromatic nitrogens is 2. The van der Waals surface area contributed by atoms with Crippen molar-refractivity contribution in [1.82, 2.24) is 10.2 Å². The first-order chi connectivity index (χ1) is 4.74. The Morgan fingerprint density at radius 3 is 2.80 bits per heavy atom. The average Bonchev–Trinajstić information content (AvgIpc) is 1.94. The maximum atomic E-state index is 8.47. The van der Waals surface area contributed by atoms with Gasteiger partial charge in [0.25, 0.3) is 0 Å². The van der Waals surface area contributed by atoms with Crippen LogP contribution in [0.5, 0.6) is 0 Å². The van der Waals surface area contributed by atoms with Crippen molar-refractivity contribution in [1.29, 1.82) is 5.26 Å². The third kappa shape index (κ3) is 1.23. The van der Waals surface area contributed by atoms with Gasteiger partial charge < -0.3 is 0 Å². The summed E-state index contributed by atoms with van der Waals surface area (Å²) in [5.74, 6) is 0. The Hall–Kier alpha value is -1.14. The van der Waals surface area contributed by atoms with Gasteiger partial charge in [-0.2, -0.15) is 10.4 Å². The molecule has 0 N–H and O–H groups in total. The summed E-state index contributed by atoms with van der Waals surface area (Å²) in [6.07, 6.45) is 0. The van der Waals surface area contributed by atoms with Crippen LogP contribution in [0, 0.1) is 18.3 Å². The Morgan fingerprint density at radius 1 is 1.60 bits per heavy atom. The fourth-order valence-corrected chi connectivity index (χ4v) is 0.689. The van der Waals surface area contributed by atoms with Gasteiger partial charge >= 0.3 is 0 Å². The predicted octanol–water partition coefficient (Wildman–Crippen LogP) is 1.31. The normalized spacial score (nSPS) is 8.90. The maximum Gasteiger partial charge on any atom is 0.153 e. The van der Waals surface area contributed by atoms with Gasteiger partial charge in [0.1, 0.15) is 6.07 Å². The molecule has 0 unspecified atom stereocenters. The molecule has 0 aromatic carbocycles. The van der Waals surface area contributed by atoms with E-state index in [0.717, 1.165) is 0 Å². The number of nitrogens with zero attached hydrogens (tertiary/aromatic N) is 3. The molecular weight excluding hydrogens is 150 g/mol. The summed E-state index contributed by atoms with van der Waals surface area (Å²) in [4.78, 5) is 0. The SMILES string of the molecule is Cc1nnc(Cl)cc1C#N. The van der Waals surface area contributed by atoms with Gasteiger partial charge in [0, 0.05) is 0 Å². The van der Waals surface area contributed by atoms with Gasteiger partial charge in [0.2, 0.25) is 0 Å². The summed E-state index contributed by atoms with van der Waals surface area (Å²) in [6, 6.07) is 3.44. The molecule has 3 nitrogen and oxygen atoms in total. The van der Waals surface area contributed by atoms with E-state index in [0.29, 0.717) is 11.3 Å². The first-order valence-electron chi connectivity index (χ1n) is 2.64. The molecule has 1 rings (SSSR count). The summed E-state index contributed by atoms with van der Waals surface area (Å²) >= 11 is 5.47.